The SMILES string of the molecule is COc1cc(Cl)cc(C2(CN)CCCC2)c1OC1CCCC1. The molecule has 22 heavy (non-hydrogen) atoms. The maximum atomic E-state index is 6.38. The lowest BCUT2D eigenvalue weighted by atomic mass is 9.78. The standard InChI is InChI=1S/C18H26ClNO2/c1-21-16-11-13(19)10-15(18(12-20)8-4-5-9-18)17(16)22-14-6-2-3-7-14/h10-11,14H,2-9,12,20H2,1H3. The molecule has 3 rings (SSSR count). The molecule has 0 atom stereocenters. The molecule has 122 valence electrons. The van der Waals surface area contributed by atoms with Crippen LogP contribution in [0, 0.1) is 0 Å². The summed E-state index contributed by atoms with van der Waals surface area (Å²) in [5.74, 6) is 1.63. The summed E-state index contributed by atoms with van der Waals surface area (Å²) in [5.41, 5.74) is 7.33. The lowest BCUT2D eigenvalue weighted by molar-refractivity contribution is 0.194. The van der Waals surface area contributed by atoms with Gasteiger partial charge < -0.3 is 15.2 Å². The third-order valence-corrected chi connectivity index (χ3v) is 5.57. The molecule has 0 bridgehead atoms. The zero-order valence-corrected chi connectivity index (χ0v) is 14.1. The fraction of sp³-hybridized carbons (Fsp3) is 0.667. The molecule has 0 amide bonds. The summed E-state index contributed by atoms with van der Waals surface area (Å²) >= 11 is 6.34. The van der Waals surface area contributed by atoms with Crippen LogP contribution in [0.1, 0.15) is 56.9 Å². The topological polar surface area (TPSA) is 44.5 Å². The summed E-state index contributed by atoms with van der Waals surface area (Å²) < 4.78 is 12.0. The second kappa shape index (κ2) is 6.67. The predicted molar refractivity (Wildman–Crippen MR) is 90.1 cm³/mol. The van der Waals surface area contributed by atoms with Crippen molar-refractivity contribution in [2.24, 2.45) is 5.73 Å². The molecular formula is C18H26ClNO2. The van der Waals surface area contributed by atoms with Crippen LogP contribution in [0.3, 0.4) is 0 Å². The molecule has 0 saturated heterocycles. The summed E-state index contributed by atoms with van der Waals surface area (Å²) in [5, 5.41) is 0.699. The van der Waals surface area contributed by atoms with Gasteiger partial charge in [-0.15, -0.1) is 0 Å². The highest BCUT2D eigenvalue weighted by Gasteiger charge is 2.38. The molecule has 2 fully saturated rings. The van der Waals surface area contributed by atoms with E-state index in [2.05, 4.69) is 0 Å². The van der Waals surface area contributed by atoms with Crippen molar-refractivity contribution in [1.82, 2.24) is 0 Å². The van der Waals surface area contributed by atoms with Crippen molar-refractivity contribution in [1.29, 1.82) is 0 Å². The molecule has 0 aliphatic heterocycles. The number of ether oxygens (including phenoxy) is 2. The molecule has 1 aromatic carbocycles. The normalized spacial score (nSPS) is 21.2. The minimum atomic E-state index is -0.00782. The Bertz CT molecular complexity index is 520. The van der Waals surface area contributed by atoms with Gasteiger partial charge in [0.2, 0.25) is 0 Å². The van der Waals surface area contributed by atoms with Crippen molar-refractivity contribution in [3.63, 3.8) is 0 Å². The molecule has 4 heteroatoms. The van der Waals surface area contributed by atoms with Gasteiger partial charge in [-0.05, 0) is 44.6 Å². The molecule has 2 saturated carbocycles. The molecule has 0 radical (unpaired) electrons. The van der Waals surface area contributed by atoms with Gasteiger partial charge >= 0.3 is 0 Å². The molecule has 0 spiro atoms. The van der Waals surface area contributed by atoms with Crippen LogP contribution in [0.5, 0.6) is 11.5 Å². The highest BCUT2D eigenvalue weighted by molar-refractivity contribution is 6.30. The Hall–Kier alpha value is -0.930. The van der Waals surface area contributed by atoms with Crippen LogP contribution in [0.15, 0.2) is 12.1 Å². The predicted octanol–water partition coefficient (Wildman–Crippen LogP) is 4.44. The highest BCUT2D eigenvalue weighted by atomic mass is 35.5. The number of hydrogen-bond donors (Lipinski definition) is 1. The van der Waals surface area contributed by atoms with Gasteiger partial charge in [0.1, 0.15) is 0 Å². The minimum absolute atomic E-state index is 0.00782. The number of rotatable bonds is 5. The van der Waals surface area contributed by atoms with E-state index >= 15 is 0 Å². The Kier molecular flexibility index (Phi) is 4.84. The van der Waals surface area contributed by atoms with Crippen molar-refractivity contribution in [3.8, 4) is 11.5 Å². The van der Waals surface area contributed by atoms with E-state index in [-0.39, 0.29) is 5.41 Å². The first kappa shape index (κ1) is 15.9. The third kappa shape index (κ3) is 2.93. The average molecular weight is 324 g/mol. The van der Waals surface area contributed by atoms with E-state index in [1.807, 2.05) is 12.1 Å². The molecule has 3 nitrogen and oxygen atoms in total. The van der Waals surface area contributed by atoms with Crippen molar-refractivity contribution in [2.75, 3.05) is 13.7 Å². The van der Waals surface area contributed by atoms with Crippen LogP contribution in [0.25, 0.3) is 0 Å². The van der Waals surface area contributed by atoms with Crippen molar-refractivity contribution in [3.05, 3.63) is 22.7 Å². The minimum Gasteiger partial charge on any atom is -0.493 e. The first-order valence-corrected chi connectivity index (χ1v) is 8.81. The van der Waals surface area contributed by atoms with Gasteiger partial charge in [0.15, 0.2) is 11.5 Å². The van der Waals surface area contributed by atoms with Gasteiger partial charge in [-0.3, -0.25) is 0 Å². The Balaban J connectivity index is 2.04. The van der Waals surface area contributed by atoms with Gasteiger partial charge in [0.05, 0.1) is 13.2 Å². The Labute approximate surface area is 138 Å². The maximum Gasteiger partial charge on any atom is 0.165 e. The van der Waals surface area contributed by atoms with E-state index in [0.717, 1.165) is 42.7 Å². The van der Waals surface area contributed by atoms with Gasteiger partial charge in [0.25, 0.3) is 0 Å². The van der Waals surface area contributed by atoms with Crippen molar-refractivity contribution >= 4 is 11.6 Å². The van der Waals surface area contributed by atoms with E-state index in [1.165, 1.54) is 25.7 Å². The van der Waals surface area contributed by atoms with E-state index in [1.54, 1.807) is 7.11 Å². The first-order valence-electron chi connectivity index (χ1n) is 8.43. The smallest absolute Gasteiger partial charge is 0.165 e. The lowest BCUT2D eigenvalue weighted by Gasteiger charge is -2.31. The Morgan fingerprint density at radius 2 is 1.86 bits per heavy atom. The van der Waals surface area contributed by atoms with Gasteiger partial charge in [0, 0.05) is 28.6 Å². The Morgan fingerprint density at radius 1 is 1.18 bits per heavy atom. The van der Waals surface area contributed by atoms with Crippen LogP contribution in [-0.4, -0.2) is 19.8 Å². The summed E-state index contributed by atoms with van der Waals surface area (Å²) in [6, 6.07) is 3.90. The zero-order chi connectivity index (χ0) is 15.6. The number of benzene rings is 1. The fourth-order valence-corrected chi connectivity index (χ4v) is 4.25. The number of nitrogens with two attached hydrogens (primary N) is 1. The second-order valence-electron chi connectivity index (χ2n) is 6.70. The molecule has 1 aromatic rings. The monoisotopic (exact) mass is 323 g/mol. The Morgan fingerprint density at radius 3 is 2.45 bits per heavy atom. The van der Waals surface area contributed by atoms with Gasteiger partial charge in [-0.1, -0.05) is 24.4 Å². The van der Waals surface area contributed by atoms with Gasteiger partial charge in [-0.25, -0.2) is 0 Å². The van der Waals surface area contributed by atoms with Crippen LogP contribution in [0.2, 0.25) is 5.02 Å². The summed E-state index contributed by atoms with van der Waals surface area (Å²) in [6.07, 6.45) is 9.69. The molecule has 0 heterocycles. The molecule has 0 unspecified atom stereocenters. The van der Waals surface area contributed by atoms with Crippen LogP contribution in [0.4, 0.5) is 0 Å². The van der Waals surface area contributed by atoms with E-state index < -0.39 is 0 Å². The summed E-state index contributed by atoms with van der Waals surface area (Å²) in [4.78, 5) is 0. The fourth-order valence-electron chi connectivity index (χ4n) is 4.04. The second-order valence-corrected chi connectivity index (χ2v) is 7.14. The maximum absolute atomic E-state index is 6.38. The van der Waals surface area contributed by atoms with Crippen LogP contribution < -0.4 is 15.2 Å². The summed E-state index contributed by atoms with van der Waals surface area (Å²) in [6.45, 7) is 0.636. The number of hydrogen-bond acceptors (Lipinski definition) is 3. The number of halogens is 1. The largest absolute Gasteiger partial charge is 0.493 e. The molecule has 0 aromatic heterocycles. The van der Waals surface area contributed by atoms with Crippen LogP contribution in [-0.2, 0) is 5.41 Å². The molecule has 2 aliphatic carbocycles. The quantitative estimate of drug-likeness (QED) is 0.871. The molecule has 2 aliphatic rings. The van der Waals surface area contributed by atoms with Crippen molar-refractivity contribution in [2.45, 2.75) is 62.9 Å². The molecular weight excluding hydrogens is 298 g/mol. The van der Waals surface area contributed by atoms with E-state index in [4.69, 9.17) is 26.8 Å². The van der Waals surface area contributed by atoms with E-state index in [0.29, 0.717) is 17.7 Å². The third-order valence-electron chi connectivity index (χ3n) is 5.35. The molecule has 2 N–H and O–H groups in total. The van der Waals surface area contributed by atoms with Gasteiger partial charge in [-0.2, -0.15) is 0 Å². The summed E-state index contributed by atoms with van der Waals surface area (Å²) in [7, 11) is 1.68. The first-order chi connectivity index (χ1) is 10.7. The number of methoxy groups -OCH3 is 1. The highest BCUT2D eigenvalue weighted by Crippen LogP contribution is 2.49. The van der Waals surface area contributed by atoms with Crippen molar-refractivity contribution < 1.29 is 9.47 Å². The average Bonchev–Trinajstić information content (AvgIpc) is 3.20. The lowest BCUT2D eigenvalue weighted by Crippen LogP contribution is -2.33. The zero-order valence-electron chi connectivity index (χ0n) is 13.4. The van der Waals surface area contributed by atoms with E-state index in [9.17, 15) is 0 Å². The van der Waals surface area contributed by atoms with Crippen LogP contribution >= 0.6 is 11.6 Å².